The maximum atomic E-state index is 11.5. The summed E-state index contributed by atoms with van der Waals surface area (Å²) in [6, 6.07) is 4.38. The maximum Gasteiger partial charge on any atom is 0.372 e. The first-order valence-corrected chi connectivity index (χ1v) is 8.47. The molecule has 1 rings (SSSR count). The van der Waals surface area contributed by atoms with Gasteiger partial charge in [0.15, 0.2) is 0 Å². The SMILES string of the molecule is CCCCC(C(=O)O)=C(Oc1cccc(CCCC)c1[N+](=O)[O-])C(=O)O. The van der Waals surface area contributed by atoms with Crippen LogP contribution in [0.2, 0.25) is 0 Å². The number of benzene rings is 1. The molecular formula is C18H23NO7. The second-order valence-corrected chi connectivity index (χ2v) is 5.75. The average molecular weight is 365 g/mol. The van der Waals surface area contributed by atoms with Crippen LogP contribution in [-0.4, -0.2) is 27.1 Å². The van der Waals surface area contributed by atoms with Crippen molar-refractivity contribution in [2.45, 2.75) is 52.4 Å². The Balaban J connectivity index is 3.41. The van der Waals surface area contributed by atoms with Gasteiger partial charge in [-0.2, -0.15) is 0 Å². The number of hydrogen-bond donors (Lipinski definition) is 2. The summed E-state index contributed by atoms with van der Waals surface area (Å²) in [5.41, 5.74) is -0.322. The second-order valence-electron chi connectivity index (χ2n) is 5.75. The van der Waals surface area contributed by atoms with Crippen molar-refractivity contribution in [3.8, 4) is 5.75 Å². The van der Waals surface area contributed by atoms with E-state index in [1.165, 1.54) is 12.1 Å². The van der Waals surface area contributed by atoms with Gasteiger partial charge in [0.2, 0.25) is 11.5 Å². The molecule has 26 heavy (non-hydrogen) atoms. The molecule has 0 unspecified atom stereocenters. The van der Waals surface area contributed by atoms with Crippen molar-refractivity contribution in [3.05, 3.63) is 45.2 Å². The lowest BCUT2D eigenvalue weighted by Gasteiger charge is -2.12. The third-order valence-corrected chi connectivity index (χ3v) is 3.78. The van der Waals surface area contributed by atoms with Crippen LogP contribution < -0.4 is 4.74 Å². The number of para-hydroxylation sites is 1. The van der Waals surface area contributed by atoms with Crippen LogP contribution in [0.4, 0.5) is 5.69 Å². The van der Waals surface area contributed by atoms with Gasteiger partial charge in [0.05, 0.1) is 10.5 Å². The van der Waals surface area contributed by atoms with E-state index in [4.69, 9.17) is 4.74 Å². The molecular weight excluding hydrogens is 342 g/mol. The Labute approximate surface area is 151 Å². The summed E-state index contributed by atoms with van der Waals surface area (Å²) < 4.78 is 5.27. The zero-order valence-electron chi connectivity index (χ0n) is 14.9. The van der Waals surface area contributed by atoms with E-state index >= 15 is 0 Å². The molecule has 0 fully saturated rings. The van der Waals surface area contributed by atoms with Gasteiger partial charge >= 0.3 is 17.6 Å². The molecule has 8 nitrogen and oxygen atoms in total. The number of rotatable bonds is 11. The van der Waals surface area contributed by atoms with Gasteiger partial charge in [-0.3, -0.25) is 10.1 Å². The molecule has 0 heterocycles. The van der Waals surface area contributed by atoms with Crippen LogP contribution in [0.15, 0.2) is 29.5 Å². The second kappa shape index (κ2) is 10.2. The highest BCUT2D eigenvalue weighted by molar-refractivity contribution is 5.97. The number of hydrogen-bond acceptors (Lipinski definition) is 5. The monoisotopic (exact) mass is 365 g/mol. The molecule has 0 atom stereocenters. The van der Waals surface area contributed by atoms with Crippen LogP contribution in [0.25, 0.3) is 0 Å². The van der Waals surface area contributed by atoms with E-state index in [1.807, 2.05) is 13.8 Å². The van der Waals surface area contributed by atoms with Crippen LogP contribution in [0.5, 0.6) is 5.75 Å². The first-order valence-electron chi connectivity index (χ1n) is 8.47. The Bertz CT molecular complexity index is 709. The molecule has 142 valence electrons. The van der Waals surface area contributed by atoms with Crippen molar-refractivity contribution in [1.82, 2.24) is 0 Å². The number of nitrogens with zero attached hydrogens (tertiary/aromatic N) is 1. The minimum Gasteiger partial charge on any atom is -0.478 e. The van der Waals surface area contributed by atoms with Gasteiger partial charge in [-0.1, -0.05) is 38.8 Å². The summed E-state index contributed by atoms with van der Waals surface area (Å²) in [5.74, 6) is -4.05. The van der Waals surface area contributed by atoms with Crippen molar-refractivity contribution in [3.63, 3.8) is 0 Å². The molecule has 0 spiro atoms. The molecule has 0 aliphatic heterocycles. The lowest BCUT2D eigenvalue weighted by Crippen LogP contribution is -2.17. The molecule has 0 aromatic heterocycles. The molecule has 2 N–H and O–H groups in total. The molecule has 0 bridgehead atoms. The van der Waals surface area contributed by atoms with Crippen molar-refractivity contribution < 1.29 is 29.5 Å². The van der Waals surface area contributed by atoms with Crippen LogP contribution >= 0.6 is 0 Å². The highest BCUT2D eigenvalue weighted by Crippen LogP contribution is 2.34. The van der Waals surface area contributed by atoms with E-state index in [9.17, 15) is 29.9 Å². The maximum absolute atomic E-state index is 11.5. The average Bonchev–Trinajstić information content (AvgIpc) is 2.58. The first-order chi connectivity index (χ1) is 12.3. The minimum absolute atomic E-state index is 0.00318. The molecule has 8 heteroatoms. The molecule has 1 aromatic rings. The van der Waals surface area contributed by atoms with E-state index in [2.05, 4.69) is 0 Å². The van der Waals surface area contributed by atoms with E-state index in [0.29, 0.717) is 24.8 Å². The van der Waals surface area contributed by atoms with E-state index in [1.54, 1.807) is 6.07 Å². The quantitative estimate of drug-likeness (QED) is 0.263. The Kier molecular flexibility index (Phi) is 8.27. The largest absolute Gasteiger partial charge is 0.478 e. The molecule has 0 saturated heterocycles. The number of nitro benzene ring substituents is 1. The van der Waals surface area contributed by atoms with Crippen molar-refractivity contribution in [2.24, 2.45) is 0 Å². The third-order valence-electron chi connectivity index (χ3n) is 3.78. The molecule has 0 aliphatic carbocycles. The number of nitro groups is 1. The predicted molar refractivity (Wildman–Crippen MR) is 94.2 cm³/mol. The third kappa shape index (κ3) is 5.58. The van der Waals surface area contributed by atoms with E-state index < -0.39 is 28.2 Å². The highest BCUT2D eigenvalue weighted by atomic mass is 16.6. The molecule has 0 radical (unpaired) electrons. The Morgan fingerprint density at radius 2 is 1.77 bits per heavy atom. The van der Waals surface area contributed by atoms with Crippen LogP contribution in [0.3, 0.4) is 0 Å². The Hall–Kier alpha value is -2.90. The fraction of sp³-hybridized carbons (Fsp3) is 0.444. The molecule has 0 amide bonds. The summed E-state index contributed by atoms with van der Waals surface area (Å²) in [4.78, 5) is 33.8. The highest BCUT2D eigenvalue weighted by Gasteiger charge is 2.27. The zero-order chi connectivity index (χ0) is 19.7. The summed E-state index contributed by atoms with van der Waals surface area (Å²) in [5, 5.41) is 30.2. The van der Waals surface area contributed by atoms with Crippen LogP contribution in [0, 0.1) is 10.1 Å². The Morgan fingerprint density at radius 1 is 1.12 bits per heavy atom. The molecule has 0 aliphatic rings. The van der Waals surface area contributed by atoms with Crippen LogP contribution in [-0.2, 0) is 16.0 Å². The number of ether oxygens (including phenoxy) is 1. The first kappa shape index (κ1) is 21.1. The zero-order valence-corrected chi connectivity index (χ0v) is 14.9. The fourth-order valence-corrected chi connectivity index (χ4v) is 2.44. The summed E-state index contributed by atoms with van der Waals surface area (Å²) >= 11 is 0. The normalized spacial score (nSPS) is 11.6. The standard InChI is InChI=1S/C18H23NO7/c1-3-5-8-12-9-7-11-14(15(12)19(24)25)26-16(18(22)23)13(17(20)21)10-6-4-2/h7,9,11H,3-6,8,10H2,1-2H3,(H,20,21)(H,22,23). The van der Waals surface area contributed by atoms with Gasteiger partial charge in [0, 0.05) is 5.56 Å². The number of aliphatic carboxylic acids is 2. The van der Waals surface area contributed by atoms with Gasteiger partial charge in [0.25, 0.3) is 0 Å². The number of unbranched alkanes of at least 4 members (excludes halogenated alkanes) is 2. The lowest BCUT2D eigenvalue weighted by atomic mass is 10.1. The summed E-state index contributed by atoms with van der Waals surface area (Å²) in [7, 11) is 0. The molecule has 0 saturated carbocycles. The predicted octanol–water partition coefficient (Wildman–Crippen LogP) is 3.93. The van der Waals surface area contributed by atoms with Crippen molar-refractivity contribution >= 4 is 17.6 Å². The topological polar surface area (TPSA) is 127 Å². The summed E-state index contributed by atoms with van der Waals surface area (Å²) in [6.45, 7) is 3.78. The number of carboxylic acids is 2. The van der Waals surface area contributed by atoms with Gasteiger partial charge in [0.1, 0.15) is 0 Å². The number of carboxylic acid groups (broad SMARTS) is 2. The van der Waals surface area contributed by atoms with Gasteiger partial charge in [-0.15, -0.1) is 0 Å². The lowest BCUT2D eigenvalue weighted by molar-refractivity contribution is -0.386. The van der Waals surface area contributed by atoms with Crippen molar-refractivity contribution in [2.75, 3.05) is 0 Å². The Morgan fingerprint density at radius 3 is 2.27 bits per heavy atom. The molecule has 1 aromatic carbocycles. The number of aryl methyl sites for hydroxylation is 1. The fourth-order valence-electron chi connectivity index (χ4n) is 2.44. The van der Waals surface area contributed by atoms with Crippen molar-refractivity contribution in [1.29, 1.82) is 0 Å². The minimum atomic E-state index is -1.58. The van der Waals surface area contributed by atoms with E-state index in [-0.39, 0.29) is 17.9 Å². The van der Waals surface area contributed by atoms with Crippen LogP contribution in [0.1, 0.15) is 51.5 Å². The number of carbonyl (C=O) groups is 2. The van der Waals surface area contributed by atoms with E-state index in [0.717, 1.165) is 12.8 Å². The van der Waals surface area contributed by atoms with Gasteiger partial charge in [-0.25, -0.2) is 9.59 Å². The van der Waals surface area contributed by atoms with Gasteiger partial charge in [-0.05, 0) is 31.7 Å². The smallest absolute Gasteiger partial charge is 0.372 e. The van der Waals surface area contributed by atoms with Gasteiger partial charge < -0.3 is 14.9 Å². The summed E-state index contributed by atoms with van der Waals surface area (Å²) in [6.07, 6.45) is 3.12.